The Morgan fingerprint density at radius 2 is 1.78 bits per heavy atom. The second-order valence-corrected chi connectivity index (χ2v) is 15.8. The van der Waals surface area contributed by atoms with Crippen LogP contribution in [0.15, 0.2) is 55.1 Å². The van der Waals surface area contributed by atoms with Crippen molar-refractivity contribution in [1.82, 2.24) is 39.3 Å². The van der Waals surface area contributed by atoms with Gasteiger partial charge in [0, 0.05) is 124 Å². The topological polar surface area (TPSA) is 137 Å². The van der Waals surface area contributed by atoms with Gasteiger partial charge in [-0.25, -0.2) is 23.5 Å². The Kier molecular flexibility index (Phi) is 9.93. The van der Waals surface area contributed by atoms with Crippen LogP contribution in [0.5, 0.6) is 5.75 Å². The summed E-state index contributed by atoms with van der Waals surface area (Å²) in [6.45, 7) is 8.48. The molecule has 0 spiro atoms. The maximum Gasteiger partial charge on any atom is 0.328 e. The van der Waals surface area contributed by atoms with Gasteiger partial charge in [0.2, 0.25) is 11.8 Å². The van der Waals surface area contributed by atoms with Gasteiger partial charge in [0.1, 0.15) is 17.2 Å². The molecule has 17 heteroatoms. The fourth-order valence-corrected chi connectivity index (χ4v) is 9.16. The summed E-state index contributed by atoms with van der Waals surface area (Å²) in [5.41, 5.74) is 6.05. The second kappa shape index (κ2) is 15.3. The van der Waals surface area contributed by atoms with Gasteiger partial charge in [0.05, 0.1) is 31.6 Å². The molecule has 4 aliphatic rings. The van der Waals surface area contributed by atoms with Crippen molar-refractivity contribution >= 4 is 46.5 Å². The van der Waals surface area contributed by atoms with Crippen molar-refractivity contribution in [3.05, 3.63) is 77.5 Å². The van der Waals surface area contributed by atoms with Crippen LogP contribution in [-0.4, -0.2) is 111 Å². The van der Waals surface area contributed by atoms with Gasteiger partial charge in [-0.15, -0.1) is 0 Å². The van der Waals surface area contributed by atoms with Crippen molar-refractivity contribution in [2.75, 3.05) is 68.1 Å². The minimum atomic E-state index is -2.79. The number of nitrogens with one attached hydrogen (secondary N) is 1. The number of likely N-dealkylation sites (tertiary alicyclic amines) is 1. The third-order valence-corrected chi connectivity index (χ3v) is 12.5. The number of hydrogen-bond acceptors (Lipinski definition) is 10. The summed E-state index contributed by atoms with van der Waals surface area (Å²) in [7, 11) is 3.29. The van der Waals surface area contributed by atoms with Crippen LogP contribution < -0.4 is 24.8 Å². The van der Waals surface area contributed by atoms with Crippen molar-refractivity contribution in [2.45, 2.75) is 64.6 Å². The predicted octanol–water partition coefficient (Wildman–Crippen LogP) is 5.49. The molecule has 4 aromatic heterocycles. The molecule has 0 aliphatic carbocycles. The molecule has 308 valence electrons. The zero-order valence-electron chi connectivity index (χ0n) is 33.6. The molecule has 0 unspecified atom stereocenters. The molecule has 0 radical (unpaired) electrons. The number of carbonyl (C=O) groups is 3. The molecule has 1 aromatic carbocycles. The maximum absolute atomic E-state index is 14.9. The van der Waals surface area contributed by atoms with Crippen LogP contribution in [0.3, 0.4) is 0 Å². The summed E-state index contributed by atoms with van der Waals surface area (Å²) >= 11 is 0. The van der Waals surface area contributed by atoms with Gasteiger partial charge in [-0.05, 0) is 49.6 Å². The molecule has 0 atom stereocenters. The number of amides is 4. The lowest BCUT2D eigenvalue weighted by Crippen LogP contribution is -2.61. The number of imide groups is 1. The smallest absolute Gasteiger partial charge is 0.328 e. The van der Waals surface area contributed by atoms with Crippen molar-refractivity contribution in [2.24, 2.45) is 0 Å². The van der Waals surface area contributed by atoms with E-state index in [2.05, 4.69) is 30.8 Å². The number of benzene rings is 1. The summed E-state index contributed by atoms with van der Waals surface area (Å²) in [6.07, 6.45) is 6.49. The van der Waals surface area contributed by atoms with E-state index in [0.29, 0.717) is 60.7 Å². The minimum absolute atomic E-state index is 0.0267. The normalized spacial score (nSPS) is 18.1. The zero-order valence-corrected chi connectivity index (χ0v) is 33.6. The third-order valence-electron chi connectivity index (χ3n) is 12.5. The molecule has 59 heavy (non-hydrogen) atoms. The second-order valence-electron chi connectivity index (χ2n) is 15.8. The Balaban J connectivity index is 0.926. The first-order valence-corrected chi connectivity index (χ1v) is 20.1. The highest BCUT2D eigenvalue weighted by Crippen LogP contribution is 2.41. The number of pyridine rings is 2. The molecule has 5 aromatic rings. The summed E-state index contributed by atoms with van der Waals surface area (Å²) in [4.78, 5) is 56.0. The molecule has 4 amide bonds. The Morgan fingerprint density at radius 3 is 2.51 bits per heavy atom. The number of methoxy groups -OCH3 is 1. The van der Waals surface area contributed by atoms with E-state index in [1.54, 1.807) is 57.7 Å². The summed E-state index contributed by atoms with van der Waals surface area (Å²) in [5, 5.41) is 7.61. The lowest BCUT2D eigenvalue weighted by atomic mass is 9.97. The number of rotatable bonds is 9. The van der Waals surface area contributed by atoms with Gasteiger partial charge >= 0.3 is 6.03 Å². The quantitative estimate of drug-likeness (QED) is 0.204. The van der Waals surface area contributed by atoms with E-state index < -0.39 is 6.43 Å². The Labute approximate surface area is 340 Å². The fraction of sp³-hybridized carbons (Fsp3) is 0.429. The fourth-order valence-electron chi connectivity index (χ4n) is 9.16. The van der Waals surface area contributed by atoms with Crippen LogP contribution >= 0.6 is 0 Å². The van der Waals surface area contributed by atoms with Crippen molar-refractivity contribution < 1.29 is 27.9 Å². The molecular formula is C42H47F2N11O4. The van der Waals surface area contributed by atoms with E-state index in [-0.39, 0.29) is 41.4 Å². The summed E-state index contributed by atoms with van der Waals surface area (Å²) in [6, 6.07) is 9.27. The van der Waals surface area contributed by atoms with Gasteiger partial charge in [-0.3, -0.25) is 29.4 Å². The monoisotopic (exact) mass is 807 g/mol. The number of hydrogen-bond donors (Lipinski definition) is 1. The van der Waals surface area contributed by atoms with E-state index in [1.165, 1.54) is 19.4 Å². The number of carbonyl (C=O) groups excluding carboxylic acids is 3. The van der Waals surface area contributed by atoms with Gasteiger partial charge < -0.3 is 23.8 Å². The van der Waals surface area contributed by atoms with Gasteiger partial charge in [-0.1, -0.05) is 6.07 Å². The van der Waals surface area contributed by atoms with Crippen LogP contribution in [-0.2, 0) is 22.6 Å². The first kappa shape index (κ1) is 38.4. The van der Waals surface area contributed by atoms with Crippen LogP contribution in [0.2, 0.25) is 0 Å². The van der Waals surface area contributed by atoms with Crippen molar-refractivity contribution in [3.8, 4) is 16.9 Å². The Hall–Kier alpha value is -6.10. The van der Waals surface area contributed by atoms with E-state index >= 15 is 0 Å². The highest BCUT2D eigenvalue weighted by molar-refractivity contribution is 6.06. The molecular weight excluding hydrogens is 761 g/mol. The van der Waals surface area contributed by atoms with Crippen LogP contribution in [0.25, 0.3) is 16.8 Å². The molecule has 4 aliphatic heterocycles. The number of alkyl halides is 2. The minimum Gasteiger partial charge on any atom is -0.495 e. The summed E-state index contributed by atoms with van der Waals surface area (Å²) in [5.74, 6) is 1.06. The number of piperidine rings is 1. The Morgan fingerprint density at radius 1 is 1.00 bits per heavy atom. The number of urea groups is 1. The standard InChI is InChI=1S/C42H47F2N11O4/c1-25-33(6-5-7-34(25)54-16-11-39(57)47-42(54)58)53-21-28(22-53)50-13-8-27(9-14-50)55-35-10-15-51(26(2)56)23-32(35)41(48-55)49(3)37-19-30(40(43)44)31(20-46-37)29-18-38-45-12-17-52(38)24-36(29)59-4/h5-7,12,17-20,24,27-28,40H,8-11,13-16,21-23H2,1-4H3,(H,47,57,58). The molecule has 0 bridgehead atoms. The molecule has 3 fully saturated rings. The molecule has 3 saturated heterocycles. The molecule has 0 saturated carbocycles. The number of halogens is 2. The lowest BCUT2D eigenvalue weighted by molar-refractivity contribution is -0.129. The molecule has 8 heterocycles. The van der Waals surface area contributed by atoms with E-state index in [0.717, 1.165) is 67.2 Å². The number of nitrogens with zero attached hydrogens (tertiary/aromatic N) is 10. The van der Waals surface area contributed by atoms with E-state index in [4.69, 9.17) is 14.8 Å². The SMILES string of the molecule is COc1cn2ccnc2cc1-c1cnc(N(C)c2nn(C3CCN(C4CN(c5cccc(N6CCC(=O)NC6=O)c5C)C4)CC3)c3c2CN(C(C)=O)CC3)cc1C(F)F. The number of imidazole rings is 1. The highest BCUT2D eigenvalue weighted by atomic mass is 19.3. The number of aromatic nitrogens is 5. The number of fused-ring (bicyclic) bond motifs is 2. The summed E-state index contributed by atoms with van der Waals surface area (Å²) < 4.78 is 39.2. The number of ether oxygens (including phenoxy) is 1. The number of anilines is 4. The maximum atomic E-state index is 14.9. The first-order valence-electron chi connectivity index (χ1n) is 20.1. The van der Waals surface area contributed by atoms with E-state index in [1.807, 2.05) is 19.1 Å². The average Bonchev–Trinajstić information content (AvgIpc) is 3.84. The van der Waals surface area contributed by atoms with Gasteiger partial charge in [0.25, 0.3) is 6.43 Å². The van der Waals surface area contributed by atoms with Gasteiger partial charge in [-0.2, -0.15) is 5.10 Å². The third kappa shape index (κ3) is 6.90. The first-order chi connectivity index (χ1) is 28.5. The van der Waals surface area contributed by atoms with E-state index in [9.17, 15) is 23.2 Å². The van der Waals surface area contributed by atoms with Crippen molar-refractivity contribution in [3.63, 3.8) is 0 Å². The Bertz CT molecular complexity index is 2450. The molecule has 15 nitrogen and oxygen atoms in total. The largest absolute Gasteiger partial charge is 0.495 e. The van der Waals surface area contributed by atoms with Crippen molar-refractivity contribution in [1.29, 1.82) is 0 Å². The lowest BCUT2D eigenvalue weighted by Gasteiger charge is -2.49. The highest BCUT2D eigenvalue weighted by Gasteiger charge is 2.38. The van der Waals surface area contributed by atoms with Crippen LogP contribution in [0.4, 0.5) is 36.6 Å². The van der Waals surface area contributed by atoms with Gasteiger partial charge in [0.15, 0.2) is 5.82 Å². The zero-order chi connectivity index (χ0) is 41.1. The van der Waals surface area contributed by atoms with Crippen LogP contribution in [0, 0.1) is 6.92 Å². The molecule has 1 N–H and O–H groups in total. The average molecular weight is 808 g/mol. The predicted molar refractivity (Wildman–Crippen MR) is 218 cm³/mol. The molecule has 9 rings (SSSR count). The van der Waals surface area contributed by atoms with Crippen LogP contribution in [0.1, 0.15) is 61.0 Å².